The van der Waals surface area contributed by atoms with Crippen molar-refractivity contribution in [3.05, 3.63) is 23.8 Å². The van der Waals surface area contributed by atoms with Crippen molar-refractivity contribution in [2.45, 2.75) is 6.92 Å². The van der Waals surface area contributed by atoms with Gasteiger partial charge in [0.2, 0.25) is 5.88 Å². The second-order valence-corrected chi connectivity index (χ2v) is 3.84. The number of methoxy groups -OCH3 is 2. The van der Waals surface area contributed by atoms with Crippen LogP contribution in [0.4, 0.5) is 4.79 Å². The lowest BCUT2D eigenvalue weighted by Crippen LogP contribution is -2.15. The fourth-order valence-corrected chi connectivity index (χ4v) is 1.81. The molecule has 0 aliphatic rings. The molecule has 1 heterocycles. The first kappa shape index (κ1) is 13.9. The number of esters is 1. The van der Waals surface area contributed by atoms with Crippen molar-refractivity contribution in [3.63, 3.8) is 0 Å². The van der Waals surface area contributed by atoms with Crippen LogP contribution in [-0.4, -0.2) is 42.7 Å². The molecule has 0 spiro atoms. The molecule has 0 radical (unpaired) electrons. The Morgan fingerprint density at radius 1 is 1.30 bits per heavy atom. The van der Waals surface area contributed by atoms with E-state index >= 15 is 0 Å². The first-order chi connectivity index (χ1) is 9.62. The van der Waals surface area contributed by atoms with Crippen molar-refractivity contribution in [2.24, 2.45) is 0 Å². The molecule has 0 aliphatic heterocycles. The quantitative estimate of drug-likeness (QED) is 0.797. The van der Waals surface area contributed by atoms with Crippen LogP contribution >= 0.6 is 0 Å². The monoisotopic (exact) mass is 278 g/mol. The van der Waals surface area contributed by atoms with Gasteiger partial charge in [-0.15, -0.1) is 5.10 Å². The van der Waals surface area contributed by atoms with Gasteiger partial charge in [0.15, 0.2) is 0 Å². The summed E-state index contributed by atoms with van der Waals surface area (Å²) in [6.07, 6.45) is -0.636. The molecular weight excluding hydrogens is 264 g/mol. The molecule has 0 amide bonds. The third kappa shape index (κ3) is 2.29. The molecule has 1 aromatic heterocycles. The molecule has 106 valence electrons. The van der Waals surface area contributed by atoms with E-state index in [0.29, 0.717) is 16.5 Å². The number of aromatic nitrogens is 2. The summed E-state index contributed by atoms with van der Waals surface area (Å²) in [5.41, 5.74) is 0.733. The van der Waals surface area contributed by atoms with Gasteiger partial charge in [-0.2, -0.15) is 4.68 Å². The van der Waals surface area contributed by atoms with E-state index in [9.17, 15) is 9.59 Å². The highest BCUT2D eigenvalue weighted by Crippen LogP contribution is 2.26. The van der Waals surface area contributed by atoms with Gasteiger partial charge in [-0.3, -0.25) is 0 Å². The Hall–Kier alpha value is -2.57. The summed E-state index contributed by atoms with van der Waals surface area (Å²) >= 11 is 0. The Morgan fingerprint density at radius 3 is 2.65 bits per heavy atom. The van der Waals surface area contributed by atoms with Crippen molar-refractivity contribution >= 4 is 23.0 Å². The highest BCUT2D eigenvalue weighted by molar-refractivity contribution is 5.98. The number of nitrogens with zero attached hydrogens (tertiary/aromatic N) is 2. The van der Waals surface area contributed by atoms with Gasteiger partial charge in [0.05, 0.1) is 37.3 Å². The van der Waals surface area contributed by atoms with Crippen LogP contribution in [0.2, 0.25) is 0 Å². The molecule has 0 N–H and O–H groups in total. The molecule has 0 unspecified atom stereocenters. The summed E-state index contributed by atoms with van der Waals surface area (Å²) in [6.45, 7) is 1.92. The SMILES string of the molecule is CCOC(=O)n1nc(OC)c2ccc(C(=O)OC)cc21. The lowest BCUT2D eigenvalue weighted by molar-refractivity contribution is 0.0600. The highest BCUT2D eigenvalue weighted by atomic mass is 16.6. The number of hydrogen-bond donors (Lipinski definition) is 0. The number of benzene rings is 1. The Labute approximate surface area is 115 Å². The normalized spacial score (nSPS) is 10.3. The van der Waals surface area contributed by atoms with Crippen LogP contribution in [0.1, 0.15) is 17.3 Å². The summed E-state index contributed by atoms with van der Waals surface area (Å²) in [5.74, 6) is -0.216. The topological polar surface area (TPSA) is 79.7 Å². The van der Waals surface area contributed by atoms with Crippen LogP contribution < -0.4 is 4.74 Å². The maximum atomic E-state index is 11.8. The van der Waals surface area contributed by atoms with Gasteiger partial charge in [0, 0.05) is 0 Å². The Kier molecular flexibility index (Phi) is 3.88. The molecular formula is C13H14N2O5. The lowest BCUT2D eigenvalue weighted by Gasteiger charge is -2.03. The van der Waals surface area contributed by atoms with Gasteiger partial charge < -0.3 is 14.2 Å². The van der Waals surface area contributed by atoms with Gasteiger partial charge in [-0.05, 0) is 25.1 Å². The zero-order valence-corrected chi connectivity index (χ0v) is 11.4. The van der Waals surface area contributed by atoms with Crippen LogP contribution in [0.3, 0.4) is 0 Å². The predicted molar refractivity (Wildman–Crippen MR) is 70.0 cm³/mol. The number of hydrogen-bond acceptors (Lipinski definition) is 6. The highest BCUT2D eigenvalue weighted by Gasteiger charge is 2.18. The molecule has 7 nitrogen and oxygen atoms in total. The average molecular weight is 278 g/mol. The van der Waals surface area contributed by atoms with Crippen LogP contribution in [-0.2, 0) is 9.47 Å². The minimum absolute atomic E-state index is 0.221. The molecule has 0 saturated carbocycles. The Bertz CT molecular complexity index is 662. The van der Waals surface area contributed by atoms with Crippen molar-refractivity contribution in [1.82, 2.24) is 9.78 Å². The second-order valence-electron chi connectivity index (χ2n) is 3.84. The standard InChI is InChI=1S/C13H14N2O5/c1-4-20-13(17)15-10-7-8(12(16)19-3)5-6-9(10)11(14-15)18-2/h5-7H,4H2,1-3H3. The summed E-state index contributed by atoms with van der Waals surface area (Å²) in [5, 5.41) is 4.63. The van der Waals surface area contributed by atoms with Crippen LogP contribution in [0.25, 0.3) is 10.9 Å². The first-order valence-electron chi connectivity index (χ1n) is 5.94. The predicted octanol–water partition coefficient (Wildman–Crippen LogP) is 1.84. The lowest BCUT2D eigenvalue weighted by atomic mass is 10.1. The molecule has 20 heavy (non-hydrogen) atoms. The van der Waals surface area contributed by atoms with Crippen molar-refractivity contribution in [2.75, 3.05) is 20.8 Å². The summed E-state index contributed by atoms with van der Waals surface area (Å²) in [7, 11) is 2.74. The smallest absolute Gasteiger partial charge is 0.435 e. The molecule has 2 aromatic rings. The van der Waals surface area contributed by atoms with Gasteiger partial charge in [0.1, 0.15) is 0 Å². The molecule has 0 aliphatic carbocycles. The van der Waals surface area contributed by atoms with E-state index in [4.69, 9.17) is 9.47 Å². The maximum Gasteiger partial charge on any atom is 0.435 e. The first-order valence-corrected chi connectivity index (χ1v) is 5.94. The molecule has 0 saturated heterocycles. The van der Waals surface area contributed by atoms with Gasteiger partial charge in [-0.25, -0.2) is 9.59 Å². The van der Waals surface area contributed by atoms with Gasteiger partial charge in [-0.1, -0.05) is 0 Å². The van der Waals surface area contributed by atoms with E-state index in [2.05, 4.69) is 9.84 Å². The van der Waals surface area contributed by atoms with Gasteiger partial charge in [0.25, 0.3) is 0 Å². The van der Waals surface area contributed by atoms with E-state index in [0.717, 1.165) is 4.68 Å². The van der Waals surface area contributed by atoms with Crippen LogP contribution in [0.5, 0.6) is 5.88 Å². The summed E-state index contributed by atoms with van der Waals surface area (Å²) < 4.78 is 15.7. The fraction of sp³-hybridized carbons (Fsp3) is 0.308. The summed E-state index contributed by atoms with van der Waals surface area (Å²) in [4.78, 5) is 23.4. The van der Waals surface area contributed by atoms with E-state index in [1.54, 1.807) is 19.1 Å². The van der Waals surface area contributed by atoms with E-state index < -0.39 is 12.1 Å². The minimum atomic E-state index is -0.636. The molecule has 0 atom stereocenters. The van der Waals surface area contributed by atoms with Crippen molar-refractivity contribution in [1.29, 1.82) is 0 Å². The molecule has 0 fully saturated rings. The zero-order chi connectivity index (χ0) is 14.7. The number of rotatable bonds is 3. The number of carbonyl (C=O) groups is 2. The van der Waals surface area contributed by atoms with E-state index in [-0.39, 0.29) is 12.5 Å². The number of fused-ring (bicyclic) bond motifs is 1. The van der Waals surface area contributed by atoms with Crippen LogP contribution in [0.15, 0.2) is 18.2 Å². The number of ether oxygens (including phenoxy) is 3. The van der Waals surface area contributed by atoms with E-state index in [1.807, 2.05) is 0 Å². The molecule has 0 bridgehead atoms. The Balaban J connectivity index is 2.61. The summed E-state index contributed by atoms with van der Waals surface area (Å²) in [6, 6.07) is 4.73. The molecule has 1 aromatic carbocycles. The molecule has 7 heteroatoms. The molecule has 2 rings (SSSR count). The fourth-order valence-electron chi connectivity index (χ4n) is 1.81. The number of carbonyl (C=O) groups excluding carboxylic acids is 2. The van der Waals surface area contributed by atoms with E-state index in [1.165, 1.54) is 20.3 Å². The maximum absolute atomic E-state index is 11.8. The third-order valence-electron chi connectivity index (χ3n) is 2.70. The third-order valence-corrected chi connectivity index (χ3v) is 2.70. The second kappa shape index (κ2) is 5.60. The van der Waals surface area contributed by atoms with Crippen LogP contribution in [0, 0.1) is 0 Å². The largest absolute Gasteiger partial charge is 0.479 e. The van der Waals surface area contributed by atoms with Crippen molar-refractivity contribution < 1.29 is 23.8 Å². The Morgan fingerprint density at radius 2 is 2.05 bits per heavy atom. The van der Waals surface area contributed by atoms with Gasteiger partial charge >= 0.3 is 12.1 Å². The zero-order valence-electron chi connectivity index (χ0n) is 11.4. The average Bonchev–Trinajstić information content (AvgIpc) is 2.84. The minimum Gasteiger partial charge on any atom is -0.479 e. The van der Waals surface area contributed by atoms with Crippen molar-refractivity contribution in [3.8, 4) is 5.88 Å².